The Bertz CT molecular complexity index is 394. The molecule has 0 amide bonds. The van der Waals surface area contributed by atoms with Crippen LogP contribution in [0.3, 0.4) is 0 Å². The van der Waals surface area contributed by atoms with Crippen LogP contribution in [-0.4, -0.2) is 32.8 Å². The van der Waals surface area contributed by atoms with Gasteiger partial charge in [0.15, 0.2) is 0 Å². The lowest BCUT2D eigenvalue weighted by molar-refractivity contribution is 0.320. The van der Waals surface area contributed by atoms with Crippen LogP contribution in [0.5, 0.6) is 5.75 Å². The lowest BCUT2D eigenvalue weighted by Gasteiger charge is -2.39. The van der Waals surface area contributed by atoms with Crippen LogP contribution in [0.1, 0.15) is 26.7 Å². The maximum absolute atomic E-state index is 5.47. The molecular formula is C16H26N2O. The number of anilines is 1. The zero-order valence-electron chi connectivity index (χ0n) is 12.4. The first-order valence-electron chi connectivity index (χ1n) is 7.37. The third-order valence-electron chi connectivity index (χ3n) is 3.99. The molecule has 3 nitrogen and oxygen atoms in total. The average molecular weight is 262 g/mol. The van der Waals surface area contributed by atoms with E-state index in [-0.39, 0.29) is 0 Å². The molecule has 1 aromatic rings. The predicted octanol–water partition coefficient (Wildman–Crippen LogP) is 2.91. The number of rotatable bonds is 5. The zero-order valence-corrected chi connectivity index (χ0v) is 12.4. The summed E-state index contributed by atoms with van der Waals surface area (Å²) < 4.78 is 5.47. The van der Waals surface area contributed by atoms with Crippen molar-refractivity contribution in [3.8, 4) is 5.75 Å². The Morgan fingerprint density at radius 1 is 1.37 bits per heavy atom. The first kappa shape index (κ1) is 14.2. The van der Waals surface area contributed by atoms with E-state index in [0.717, 1.165) is 25.4 Å². The molecule has 0 radical (unpaired) electrons. The first-order valence-corrected chi connectivity index (χ1v) is 7.37. The van der Waals surface area contributed by atoms with Gasteiger partial charge in [-0.15, -0.1) is 0 Å². The van der Waals surface area contributed by atoms with E-state index in [1.807, 2.05) is 12.1 Å². The summed E-state index contributed by atoms with van der Waals surface area (Å²) in [6.45, 7) is 7.90. The van der Waals surface area contributed by atoms with Gasteiger partial charge in [0.2, 0.25) is 0 Å². The second-order valence-electron chi connectivity index (χ2n) is 5.44. The fraction of sp³-hybridized carbons (Fsp3) is 0.625. The van der Waals surface area contributed by atoms with Gasteiger partial charge in [-0.2, -0.15) is 0 Å². The predicted molar refractivity (Wildman–Crippen MR) is 81.1 cm³/mol. The number of nitrogens with one attached hydrogen (secondary N) is 1. The Labute approximate surface area is 116 Å². The van der Waals surface area contributed by atoms with Gasteiger partial charge in [0.25, 0.3) is 0 Å². The molecule has 1 N–H and O–H groups in total. The van der Waals surface area contributed by atoms with Crippen molar-refractivity contribution in [2.75, 3.05) is 31.6 Å². The second kappa shape index (κ2) is 6.80. The normalized spacial score (nSPS) is 23.4. The third kappa shape index (κ3) is 3.41. The minimum atomic E-state index is 0.658. The molecule has 2 unspecified atom stereocenters. The number of hydrogen-bond acceptors (Lipinski definition) is 3. The van der Waals surface area contributed by atoms with E-state index in [9.17, 15) is 0 Å². The lowest BCUT2D eigenvalue weighted by atomic mass is 9.93. The molecule has 2 rings (SSSR count). The Hall–Kier alpha value is -1.22. The molecule has 3 heteroatoms. The highest BCUT2D eigenvalue weighted by atomic mass is 16.5. The van der Waals surface area contributed by atoms with Gasteiger partial charge < -0.3 is 15.0 Å². The number of nitrogens with zero attached hydrogens (tertiary/aromatic N) is 1. The molecule has 1 aliphatic rings. The molecule has 0 aromatic heterocycles. The molecule has 19 heavy (non-hydrogen) atoms. The van der Waals surface area contributed by atoms with Gasteiger partial charge in [-0.1, -0.05) is 26.0 Å². The molecule has 0 aliphatic carbocycles. The van der Waals surface area contributed by atoms with E-state index < -0.39 is 0 Å². The maximum atomic E-state index is 5.47. The third-order valence-corrected chi connectivity index (χ3v) is 3.99. The second-order valence-corrected chi connectivity index (χ2v) is 5.44. The first-order chi connectivity index (χ1) is 9.26. The molecule has 0 saturated carbocycles. The minimum Gasteiger partial charge on any atom is -0.495 e. The Morgan fingerprint density at radius 2 is 2.16 bits per heavy atom. The van der Waals surface area contributed by atoms with Crippen molar-refractivity contribution in [2.45, 2.75) is 32.7 Å². The number of methoxy groups -OCH3 is 1. The van der Waals surface area contributed by atoms with Gasteiger partial charge in [0.05, 0.1) is 12.8 Å². The van der Waals surface area contributed by atoms with Crippen LogP contribution in [0.4, 0.5) is 5.69 Å². The summed E-state index contributed by atoms with van der Waals surface area (Å²) in [5.74, 6) is 1.65. The number of para-hydroxylation sites is 2. The van der Waals surface area contributed by atoms with Gasteiger partial charge in [-0.25, -0.2) is 0 Å². The lowest BCUT2D eigenvalue weighted by Crippen LogP contribution is -2.48. The van der Waals surface area contributed by atoms with Crippen molar-refractivity contribution >= 4 is 5.69 Å². The Kier molecular flexibility index (Phi) is 5.08. The fourth-order valence-electron chi connectivity index (χ4n) is 2.89. The number of benzene rings is 1. The highest BCUT2D eigenvalue weighted by molar-refractivity contribution is 5.58. The average Bonchev–Trinajstić information content (AvgIpc) is 2.46. The van der Waals surface area contributed by atoms with Gasteiger partial charge in [-0.3, -0.25) is 0 Å². The SMILES string of the molecule is CCCNC1CCN(c2ccccc2OC)CC1C. The number of hydrogen-bond donors (Lipinski definition) is 1. The molecule has 106 valence electrons. The van der Waals surface area contributed by atoms with Crippen LogP contribution < -0.4 is 15.0 Å². The van der Waals surface area contributed by atoms with E-state index >= 15 is 0 Å². The standard InChI is InChI=1S/C16H26N2O/c1-4-10-17-14-9-11-18(12-13(14)2)15-7-5-6-8-16(15)19-3/h5-8,13-14,17H,4,9-12H2,1-3H3. The van der Waals surface area contributed by atoms with Gasteiger partial charge >= 0.3 is 0 Å². The fourth-order valence-corrected chi connectivity index (χ4v) is 2.89. The quantitative estimate of drug-likeness (QED) is 0.883. The molecule has 2 atom stereocenters. The molecule has 1 heterocycles. The largest absolute Gasteiger partial charge is 0.495 e. The molecule has 0 bridgehead atoms. The van der Waals surface area contributed by atoms with Crippen LogP contribution in [0.25, 0.3) is 0 Å². The van der Waals surface area contributed by atoms with Gasteiger partial charge in [-0.05, 0) is 37.4 Å². The van der Waals surface area contributed by atoms with E-state index in [1.165, 1.54) is 18.5 Å². The van der Waals surface area contributed by atoms with Crippen LogP contribution in [0.2, 0.25) is 0 Å². The molecule has 1 fully saturated rings. The summed E-state index contributed by atoms with van der Waals surface area (Å²) in [6, 6.07) is 8.98. The van der Waals surface area contributed by atoms with E-state index in [2.05, 4.69) is 36.2 Å². The summed E-state index contributed by atoms with van der Waals surface area (Å²) in [5, 5.41) is 3.66. The number of piperidine rings is 1. The highest BCUT2D eigenvalue weighted by Gasteiger charge is 2.26. The Balaban J connectivity index is 2.01. The highest BCUT2D eigenvalue weighted by Crippen LogP contribution is 2.31. The van der Waals surface area contributed by atoms with Crippen molar-refractivity contribution in [2.24, 2.45) is 5.92 Å². The molecule has 1 saturated heterocycles. The van der Waals surface area contributed by atoms with E-state index in [4.69, 9.17) is 4.74 Å². The molecule has 0 spiro atoms. The van der Waals surface area contributed by atoms with Crippen molar-refractivity contribution < 1.29 is 4.74 Å². The van der Waals surface area contributed by atoms with Crippen LogP contribution in [0.15, 0.2) is 24.3 Å². The van der Waals surface area contributed by atoms with Crippen molar-refractivity contribution in [1.82, 2.24) is 5.32 Å². The van der Waals surface area contributed by atoms with Crippen LogP contribution >= 0.6 is 0 Å². The summed E-state index contributed by atoms with van der Waals surface area (Å²) in [6.07, 6.45) is 2.42. The summed E-state index contributed by atoms with van der Waals surface area (Å²) >= 11 is 0. The van der Waals surface area contributed by atoms with Crippen LogP contribution in [-0.2, 0) is 0 Å². The van der Waals surface area contributed by atoms with E-state index in [0.29, 0.717) is 12.0 Å². The molecular weight excluding hydrogens is 236 g/mol. The topological polar surface area (TPSA) is 24.5 Å². The summed E-state index contributed by atoms with van der Waals surface area (Å²) in [5.41, 5.74) is 1.23. The van der Waals surface area contributed by atoms with Crippen LogP contribution in [0, 0.1) is 5.92 Å². The smallest absolute Gasteiger partial charge is 0.142 e. The molecule has 1 aliphatic heterocycles. The van der Waals surface area contributed by atoms with E-state index in [1.54, 1.807) is 7.11 Å². The summed E-state index contributed by atoms with van der Waals surface area (Å²) in [4.78, 5) is 2.45. The zero-order chi connectivity index (χ0) is 13.7. The minimum absolute atomic E-state index is 0.658. The Morgan fingerprint density at radius 3 is 2.84 bits per heavy atom. The number of ether oxygens (including phenoxy) is 1. The van der Waals surface area contributed by atoms with Crippen molar-refractivity contribution in [1.29, 1.82) is 0 Å². The van der Waals surface area contributed by atoms with Gasteiger partial charge in [0, 0.05) is 19.1 Å². The monoisotopic (exact) mass is 262 g/mol. The van der Waals surface area contributed by atoms with Crippen molar-refractivity contribution in [3.63, 3.8) is 0 Å². The maximum Gasteiger partial charge on any atom is 0.142 e. The van der Waals surface area contributed by atoms with Gasteiger partial charge in [0.1, 0.15) is 5.75 Å². The summed E-state index contributed by atoms with van der Waals surface area (Å²) in [7, 11) is 1.75. The van der Waals surface area contributed by atoms with Crippen molar-refractivity contribution in [3.05, 3.63) is 24.3 Å². The molecule has 1 aromatic carbocycles.